The minimum Gasteiger partial charge on any atom is -0.444 e. The van der Waals surface area contributed by atoms with Gasteiger partial charge in [-0.25, -0.2) is 24.4 Å². The quantitative estimate of drug-likeness (QED) is 0.473. The lowest BCUT2D eigenvalue weighted by molar-refractivity contribution is -0.134. The Labute approximate surface area is 232 Å². The third-order valence-electron chi connectivity index (χ3n) is 6.91. The fourth-order valence-electron chi connectivity index (χ4n) is 4.92. The molecule has 2 amide bonds. The summed E-state index contributed by atoms with van der Waals surface area (Å²) in [5.74, 6) is 0.645. The number of anilines is 2. The Morgan fingerprint density at radius 3 is 2.40 bits per heavy atom. The number of likely N-dealkylation sites (tertiary alicyclic amines) is 1. The number of alkyl carbamates (subject to hydrolysis) is 1. The number of aromatic nitrogens is 6. The van der Waals surface area contributed by atoms with Crippen molar-refractivity contribution >= 4 is 34.9 Å². The van der Waals surface area contributed by atoms with Crippen LogP contribution in [0, 0.1) is 0 Å². The second-order valence-corrected chi connectivity index (χ2v) is 11.1. The Kier molecular flexibility index (Phi) is 7.70. The molecular weight excluding hydrogens is 516 g/mol. The minimum atomic E-state index is -0.689. The van der Waals surface area contributed by atoms with Crippen molar-refractivity contribution in [3.05, 3.63) is 18.6 Å². The Bertz CT molecular complexity index is 1360. The summed E-state index contributed by atoms with van der Waals surface area (Å²) in [5.41, 5.74) is 7.21. The molecule has 3 aromatic rings. The highest BCUT2D eigenvalue weighted by molar-refractivity contribution is 5.91. The second kappa shape index (κ2) is 11.2. The van der Waals surface area contributed by atoms with E-state index < -0.39 is 17.7 Å². The van der Waals surface area contributed by atoms with Crippen molar-refractivity contribution in [3.63, 3.8) is 0 Å². The number of carbonyl (C=O) groups excluding carboxylic acids is 2. The number of ether oxygens (including phenoxy) is 2. The number of carbonyl (C=O) groups is 2. The number of nitrogens with one attached hydrogen (secondary N) is 1. The Morgan fingerprint density at radius 2 is 1.75 bits per heavy atom. The fraction of sp³-hybridized carbons (Fsp3) is 0.577. The van der Waals surface area contributed by atoms with E-state index in [1.165, 1.54) is 0 Å². The predicted molar refractivity (Wildman–Crippen MR) is 147 cm³/mol. The molecule has 2 saturated heterocycles. The van der Waals surface area contributed by atoms with Gasteiger partial charge in [-0.3, -0.25) is 4.79 Å². The maximum absolute atomic E-state index is 13.0. The van der Waals surface area contributed by atoms with E-state index in [1.807, 2.05) is 4.68 Å². The molecule has 0 saturated carbocycles. The summed E-state index contributed by atoms with van der Waals surface area (Å²) in [5, 5.41) is 8.15. The number of nitrogens with zero attached hydrogens (tertiary/aromatic N) is 8. The highest BCUT2D eigenvalue weighted by Crippen LogP contribution is 2.32. The first-order chi connectivity index (χ1) is 19.1. The van der Waals surface area contributed by atoms with Gasteiger partial charge in [0.2, 0.25) is 17.8 Å². The van der Waals surface area contributed by atoms with Crippen LogP contribution in [0.1, 0.15) is 46.6 Å². The van der Waals surface area contributed by atoms with Crippen LogP contribution in [0.4, 0.5) is 16.7 Å². The zero-order valence-corrected chi connectivity index (χ0v) is 23.3. The van der Waals surface area contributed by atoms with Gasteiger partial charge in [0.1, 0.15) is 11.6 Å². The highest BCUT2D eigenvalue weighted by atomic mass is 16.6. The van der Waals surface area contributed by atoms with E-state index in [2.05, 4.69) is 20.2 Å². The molecule has 2 aliphatic heterocycles. The van der Waals surface area contributed by atoms with Gasteiger partial charge in [0.25, 0.3) is 0 Å². The molecule has 1 unspecified atom stereocenters. The molecule has 5 heterocycles. The van der Waals surface area contributed by atoms with Crippen LogP contribution in [0.5, 0.6) is 0 Å². The van der Waals surface area contributed by atoms with Crippen LogP contribution in [0.2, 0.25) is 0 Å². The van der Waals surface area contributed by atoms with E-state index in [4.69, 9.17) is 30.3 Å². The van der Waals surface area contributed by atoms with Gasteiger partial charge in [0, 0.05) is 44.1 Å². The highest BCUT2D eigenvalue weighted by Gasteiger charge is 2.30. The summed E-state index contributed by atoms with van der Waals surface area (Å²) >= 11 is 0. The number of fused-ring (bicyclic) bond motifs is 1. The molecule has 14 heteroatoms. The van der Waals surface area contributed by atoms with Crippen molar-refractivity contribution < 1.29 is 19.1 Å². The van der Waals surface area contributed by atoms with Crippen molar-refractivity contribution in [2.24, 2.45) is 0 Å². The van der Waals surface area contributed by atoms with Crippen LogP contribution in [0.3, 0.4) is 0 Å². The summed E-state index contributed by atoms with van der Waals surface area (Å²) in [6.45, 7) is 10.7. The molecule has 40 heavy (non-hydrogen) atoms. The summed E-state index contributed by atoms with van der Waals surface area (Å²) in [6, 6.07) is -0.649. The average molecular weight is 553 g/mol. The van der Waals surface area contributed by atoms with Crippen LogP contribution in [0.15, 0.2) is 18.6 Å². The Balaban J connectivity index is 1.35. The van der Waals surface area contributed by atoms with Gasteiger partial charge in [0.15, 0.2) is 5.65 Å². The molecule has 0 aromatic carbocycles. The third kappa shape index (κ3) is 6.06. The molecule has 214 valence electrons. The number of piperidine rings is 1. The Hall–Kier alpha value is -4.07. The number of hydrogen-bond donors (Lipinski definition) is 2. The Morgan fingerprint density at radius 1 is 1.07 bits per heavy atom. The van der Waals surface area contributed by atoms with Gasteiger partial charge in [-0.2, -0.15) is 10.1 Å². The number of hydrogen-bond acceptors (Lipinski definition) is 11. The lowest BCUT2D eigenvalue weighted by Gasteiger charge is -2.34. The molecule has 5 rings (SSSR count). The maximum atomic E-state index is 13.0. The second-order valence-electron chi connectivity index (χ2n) is 11.1. The molecular formula is C26H36N10O4. The molecule has 2 aliphatic rings. The number of nitrogen functional groups attached to an aromatic ring is 1. The van der Waals surface area contributed by atoms with Crippen molar-refractivity contribution in [3.8, 4) is 11.3 Å². The van der Waals surface area contributed by atoms with Gasteiger partial charge in [-0.15, -0.1) is 0 Å². The van der Waals surface area contributed by atoms with Gasteiger partial charge >= 0.3 is 6.09 Å². The topological polar surface area (TPSA) is 167 Å². The van der Waals surface area contributed by atoms with Crippen LogP contribution < -0.4 is 16.0 Å². The number of rotatable bonds is 5. The molecule has 1 atom stereocenters. The van der Waals surface area contributed by atoms with Crippen LogP contribution in [0.25, 0.3) is 22.3 Å². The van der Waals surface area contributed by atoms with Gasteiger partial charge in [0.05, 0.1) is 36.5 Å². The van der Waals surface area contributed by atoms with Gasteiger partial charge in [-0.1, -0.05) is 0 Å². The molecule has 3 N–H and O–H groups in total. The van der Waals surface area contributed by atoms with Crippen LogP contribution >= 0.6 is 0 Å². The lowest BCUT2D eigenvalue weighted by atomic mass is 10.0. The van der Waals surface area contributed by atoms with E-state index in [0.29, 0.717) is 69.5 Å². The summed E-state index contributed by atoms with van der Waals surface area (Å²) in [4.78, 5) is 47.1. The normalized spacial score (nSPS) is 17.6. The van der Waals surface area contributed by atoms with Gasteiger partial charge < -0.3 is 30.3 Å². The standard InChI is InChI=1S/C26H36N10O4/c1-16(31-25(38)40-26(2,3)4)22(37)34-7-5-18(6-8-34)36-21-19(15-30-36)20(17-13-28-23(27)29-14-17)32-24(33-21)35-9-11-39-12-10-35/h13-16,18H,5-12H2,1-4H3,(H,31,38)(H2,27,28,29). The summed E-state index contributed by atoms with van der Waals surface area (Å²) in [7, 11) is 0. The van der Waals surface area contributed by atoms with E-state index >= 15 is 0 Å². The molecule has 0 spiro atoms. The van der Waals surface area contributed by atoms with Crippen molar-refractivity contribution in [2.45, 2.75) is 58.2 Å². The number of nitrogens with two attached hydrogens (primary N) is 1. The third-order valence-corrected chi connectivity index (χ3v) is 6.91. The fourth-order valence-corrected chi connectivity index (χ4v) is 4.92. The van der Waals surface area contributed by atoms with Crippen molar-refractivity contribution in [2.75, 3.05) is 50.0 Å². The van der Waals surface area contributed by atoms with E-state index in [0.717, 1.165) is 10.9 Å². The summed E-state index contributed by atoms with van der Waals surface area (Å²) in [6.07, 6.45) is 5.86. The first-order valence-electron chi connectivity index (χ1n) is 13.5. The zero-order chi connectivity index (χ0) is 28.4. The molecule has 0 bridgehead atoms. The van der Waals surface area contributed by atoms with E-state index in [1.54, 1.807) is 51.2 Å². The van der Waals surface area contributed by atoms with Crippen molar-refractivity contribution in [1.29, 1.82) is 0 Å². The molecule has 2 fully saturated rings. The molecule has 3 aromatic heterocycles. The monoisotopic (exact) mass is 552 g/mol. The first-order valence-corrected chi connectivity index (χ1v) is 13.5. The molecule has 14 nitrogen and oxygen atoms in total. The van der Waals surface area contributed by atoms with E-state index in [-0.39, 0.29) is 17.9 Å². The average Bonchev–Trinajstić information content (AvgIpc) is 3.36. The molecule has 0 aliphatic carbocycles. The minimum absolute atomic E-state index is 0.0404. The number of amides is 2. The van der Waals surface area contributed by atoms with Crippen LogP contribution in [-0.2, 0) is 14.3 Å². The maximum Gasteiger partial charge on any atom is 0.408 e. The lowest BCUT2D eigenvalue weighted by Crippen LogP contribution is -2.50. The van der Waals surface area contributed by atoms with E-state index in [9.17, 15) is 9.59 Å². The largest absolute Gasteiger partial charge is 0.444 e. The number of morpholine rings is 1. The van der Waals surface area contributed by atoms with Crippen LogP contribution in [-0.4, -0.2) is 97.7 Å². The van der Waals surface area contributed by atoms with Crippen molar-refractivity contribution in [1.82, 2.24) is 39.9 Å². The zero-order valence-electron chi connectivity index (χ0n) is 23.3. The summed E-state index contributed by atoms with van der Waals surface area (Å²) < 4.78 is 12.7. The predicted octanol–water partition coefficient (Wildman–Crippen LogP) is 1.78. The first kappa shape index (κ1) is 27.5. The SMILES string of the molecule is CC(NC(=O)OC(C)(C)C)C(=O)N1CCC(n2ncc3c(-c4cnc(N)nc4)nc(N4CCOCC4)nc32)CC1. The van der Waals surface area contributed by atoms with Gasteiger partial charge in [-0.05, 0) is 40.5 Å². The molecule has 0 radical (unpaired) electrons. The smallest absolute Gasteiger partial charge is 0.408 e.